The Morgan fingerprint density at radius 3 is 2.37 bits per heavy atom. The number of benzene rings is 2. The number of phenols is 1. The van der Waals surface area contributed by atoms with Gasteiger partial charge in [0.2, 0.25) is 11.8 Å². The lowest BCUT2D eigenvalue weighted by Gasteiger charge is -2.49. The summed E-state index contributed by atoms with van der Waals surface area (Å²) in [7, 11) is 2.63. The van der Waals surface area contributed by atoms with Gasteiger partial charge in [-0.05, 0) is 56.0 Å². The first-order valence-electron chi connectivity index (χ1n) is 15.6. The number of pyridine rings is 1. The molecule has 2 aliphatic heterocycles. The van der Waals surface area contributed by atoms with Gasteiger partial charge in [0.25, 0.3) is 11.8 Å². The summed E-state index contributed by atoms with van der Waals surface area (Å²) >= 11 is 6.24. The number of ether oxygens (including phenoxy) is 1. The third kappa shape index (κ3) is 4.65. The first kappa shape index (κ1) is 32.6. The van der Waals surface area contributed by atoms with E-state index in [1.807, 2.05) is 0 Å². The number of imide groups is 2. The maximum absolute atomic E-state index is 14.5. The summed E-state index contributed by atoms with van der Waals surface area (Å²) in [4.78, 5) is 61.8. The van der Waals surface area contributed by atoms with Crippen molar-refractivity contribution < 1.29 is 42.2 Å². The number of carbonyl (C=O) groups is 4. The molecule has 1 N–H and O–H groups in total. The van der Waals surface area contributed by atoms with Crippen LogP contribution >= 0.6 is 11.6 Å². The summed E-state index contributed by atoms with van der Waals surface area (Å²) in [5, 5.41) is 12.9. The Kier molecular flexibility index (Phi) is 7.54. The third-order valence-corrected chi connectivity index (χ3v) is 10.8. The van der Waals surface area contributed by atoms with Crippen LogP contribution in [-0.4, -0.2) is 52.9 Å². The maximum atomic E-state index is 14.5. The van der Waals surface area contributed by atoms with E-state index in [0.717, 1.165) is 21.0 Å². The minimum Gasteiger partial charge on any atom is -0.504 e. The Hall–Kier alpha value is -4.91. The number of rotatable bonds is 5. The van der Waals surface area contributed by atoms with Crippen molar-refractivity contribution in [1.82, 2.24) is 9.99 Å². The van der Waals surface area contributed by atoms with Crippen LogP contribution in [-0.2, 0) is 25.4 Å². The minimum absolute atomic E-state index is 0.0395. The molecule has 0 bridgehead atoms. The Labute approximate surface area is 283 Å². The van der Waals surface area contributed by atoms with E-state index < -0.39 is 76.3 Å². The number of nitrogens with zero attached hydrogens (tertiary/aromatic N) is 4. The SMILES string of the molecule is COc1cccc(C2C3=CCC4C(=O)N(N(C)c5nc(C(F)(F)F)ccc5Cl)C(=O)C4C3CC3C(=O)N(c4ccccc4)C(=O)C32C)c1O. The van der Waals surface area contributed by atoms with Crippen LogP contribution in [0.15, 0.2) is 72.3 Å². The normalized spacial score (nSPS) is 27.9. The summed E-state index contributed by atoms with van der Waals surface area (Å²) in [5.74, 6) is -7.32. The van der Waals surface area contributed by atoms with Crippen molar-refractivity contribution in [2.75, 3.05) is 24.1 Å². The van der Waals surface area contributed by atoms with Crippen molar-refractivity contribution in [3.05, 3.63) is 88.6 Å². The van der Waals surface area contributed by atoms with E-state index in [-0.39, 0.29) is 29.4 Å². The van der Waals surface area contributed by atoms with Gasteiger partial charge in [0.1, 0.15) is 5.69 Å². The number of halogens is 4. The fourth-order valence-corrected chi connectivity index (χ4v) is 8.54. The van der Waals surface area contributed by atoms with Gasteiger partial charge >= 0.3 is 6.18 Å². The first-order valence-corrected chi connectivity index (χ1v) is 15.9. The number of aromatic nitrogens is 1. The van der Waals surface area contributed by atoms with Crippen molar-refractivity contribution in [2.24, 2.45) is 29.1 Å². The number of amides is 4. The van der Waals surface area contributed by atoms with Crippen molar-refractivity contribution in [3.8, 4) is 11.5 Å². The largest absolute Gasteiger partial charge is 0.504 e. The van der Waals surface area contributed by atoms with Crippen molar-refractivity contribution in [3.63, 3.8) is 0 Å². The fraction of sp³-hybridized carbons (Fsp3) is 0.343. The second-order valence-corrected chi connectivity index (χ2v) is 13.3. The molecule has 4 aliphatic rings. The highest BCUT2D eigenvalue weighted by molar-refractivity contribution is 6.33. The maximum Gasteiger partial charge on any atom is 0.433 e. The van der Waals surface area contributed by atoms with Crippen LogP contribution in [0.3, 0.4) is 0 Å². The van der Waals surface area contributed by atoms with Gasteiger partial charge in [0.15, 0.2) is 17.3 Å². The highest BCUT2D eigenvalue weighted by Crippen LogP contribution is 2.65. The van der Waals surface area contributed by atoms with Crippen LogP contribution in [0.4, 0.5) is 24.7 Å². The molecule has 14 heteroatoms. The van der Waals surface area contributed by atoms with Crippen LogP contribution in [0.25, 0.3) is 0 Å². The van der Waals surface area contributed by atoms with Crippen LogP contribution in [0.2, 0.25) is 5.02 Å². The Morgan fingerprint density at radius 1 is 0.980 bits per heavy atom. The lowest BCUT2D eigenvalue weighted by Crippen LogP contribution is -2.49. The van der Waals surface area contributed by atoms with Crippen molar-refractivity contribution >= 4 is 46.7 Å². The average molecular weight is 695 g/mol. The number of methoxy groups -OCH3 is 1. The van der Waals surface area contributed by atoms with E-state index in [1.165, 1.54) is 14.2 Å². The molecule has 3 aromatic rings. The van der Waals surface area contributed by atoms with E-state index >= 15 is 0 Å². The number of alkyl halides is 3. The summed E-state index contributed by atoms with van der Waals surface area (Å²) < 4.78 is 46.0. The molecule has 6 atom stereocenters. The molecule has 0 spiro atoms. The zero-order valence-corrected chi connectivity index (χ0v) is 27.2. The van der Waals surface area contributed by atoms with E-state index in [1.54, 1.807) is 61.5 Å². The van der Waals surface area contributed by atoms with E-state index in [4.69, 9.17) is 16.3 Å². The molecule has 7 rings (SSSR count). The molecule has 2 saturated heterocycles. The number of allylic oxidation sites excluding steroid dienone is 2. The predicted molar refractivity (Wildman–Crippen MR) is 170 cm³/mol. The van der Waals surface area contributed by atoms with Gasteiger partial charge in [-0.3, -0.25) is 24.2 Å². The molecule has 1 saturated carbocycles. The Balaban J connectivity index is 1.34. The molecule has 10 nitrogen and oxygen atoms in total. The van der Waals surface area contributed by atoms with Gasteiger partial charge in [-0.2, -0.15) is 18.2 Å². The van der Waals surface area contributed by atoms with Gasteiger partial charge in [-0.1, -0.05) is 53.6 Å². The zero-order chi connectivity index (χ0) is 35.2. The van der Waals surface area contributed by atoms with E-state index in [2.05, 4.69) is 4.98 Å². The molecule has 2 aromatic carbocycles. The van der Waals surface area contributed by atoms with Gasteiger partial charge in [-0.15, -0.1) is 0 Å². The van der Waals surface area contributed by atoms with Crippen LogP contribution in [0, 0.1) is 29.1 Å². The van der Waals surface area contributed by atoms with Crippen LogP contribution in [0.1, 0.15) is 36.9 Å². The summed E-state index contributed by atoms with van der Waals surface area (Å²) in [6.45, 7) is 1.69. The lowest BCUT2D eigenvalue weighted by atomic mass is 9.51. The fourth-order valence-electron chi connectivity index (χ4n) is 8.31. The Bertz CT molecular complexity index is 1950. The predicted octanol–water partition coefficient (Wildman–Crippen LogP) is 5.75. The molecule has 6 unspecified atom stereocenters. The highest BCUT2D eigenvalue weighted by atomic mass is 35.5. The number of hydrazine groups is 1. The first-order chi connectivity index (χ1) is 23.2. The molecule has 49 heavy (non-hydrogen) atoms. The number of carbonyl (C=O) groups excluding carboxylic acids is 4. The lowest BCUT2D eigenvalue weighted by molar-refractivity contribution is -0.141. The Morgan fingerprint density at radius 2 is 1.69 bits per heavy atom. The monoisotopic (exact) mass is 694 g/mol. The standard InChI is InChI=1S/C35H30ClF3N4O6/c1-34-22(31(46)42(33(34)48)17-8-5-4-6-9-17)16-21-18(27(34)20-10-7-11-24(49-3)28(20)44)12-13-19-26(21)32(47)43(30(19)45)41(2)29-23(36)14-15-25(40-29)35(37,38)39/h4-12,14-15,19,21-22,26-27,44H,13,16H2,1-3H3. The smallest absolute Gasteiger partial charge is 0.433 e. The van der Waals surface area contributed by atoms with Crippen molar-refractivity contribution in [2.45, 2.75) is 31.9 Å². The van der Waals surface area contributed by atoms with E-state index in [9.17, 15) is 37.5 Å². The second kappa shape index (κ2) is 11.3. The van der Waals surface area contributed by atoms with Gasteiger partial charge in [-0.25, -0.2) is 9.88 Å². The quantitative estimate of drug-likeness (QED) is 0.265. The van der Waals surface area contributed by atoms with E-state index in [0.29, 0.717) is 22.9 Å². The molecular formula is C35H30ClF3N4O6. The summed E-state index contributed by atoms with van der Waals surface area (Å²) in [5.41, 5.74) is -1.34. The van der Waals surface area contributed by atoms with Gasteiger partial charge < -0.3 is 9.84 Å². The van der Waals surface area contributed by atoms with Crippen LogP contribution in [0.5, 0.6) is 11.5 Å². The minimum atomic E-state index is -4.81. The number of fused-ring (bicyclic) bond motifs is 4. The molecule has 1 aromatic heterocycles. The highest BCUT2D eigenvalue weighted by Gasteiger charge is 2.68. The number of hydrogen-bond acceptors (Lipinski definition) is 8. The molecule has 3 heterocycles. The third-order valence-electron chi connectivity index (χ3n) is 10.6. The molecule has 3 fully saturated rings. The number of phenolic OH excluding ortho intramolecular Hbond substituents is 1. The topological polar surface area (TPSA) is 120 Å². The van der Waals surface area contributed by atoms with Gasteiger partial charge in [0, 0.05) is 18.5 Å². The summed E-state index contributed by atoms with van der Waals surface area (Å²) in [6, 6.07) is 15.0. The van der Waals surface area contributed by atoms with Crippen molar-refractivity contribution in [1.29, 1.82) is 0 Å². The molecule has 2 aliphatic carbocycles. The molecular weight excluding hydrogens is 665 g/mol. The summed E-state index contributed by atoms with van der Waals surface area (Å²) in [6.07, 6.45) is -2.90. The van der Waals surface area contributed by atoms with Crippen LogP contribution < -0.4 is 14.6 Å². The zero-order valence-electron chi connectivity index (χ0n) is 26.4. The average Bonchev–Trinajstić information content (AvgIpc) is 3.44. The number of para-hydroxylation sites is 2. The molecule has 4 amide bonds. The number of hydrogen-bond donors (Lipinski definition) is 1. The number of aromatic hydroxyl groups is 1. The molecule has 254 valence electrons. The number of anilines is 2. The van der Waals surface area contributed by atoms with Gasteiger partial charge in [0.05, 0.1) is 41.0 Å². The second-order valence-electron chi connectivity index (χ2n) is 12.9. The molecule has 0 radical (unpaired) electrons.